The second-order valence-corrected chi connectivity index (χ2v) is 22.0. The molecule has 0 unspecified atom stereocenters. The van der Waals surface area contributed by atoms with Crippen LogP contribution in [-0.4, -0.2) is 20.6 Å². The second kappa shape index (κ2) is 13.3. The Labute approximate surface area is 228 Å². The first-order chi connectivity index (χ1) is 14.8. The maximum absolute atomic E-state index is 7.00. The third-order valence-corrected chi connectivity index (χ3v) is 14.8. The van der Waals surface area contributed by atoms with Gasteiger partial charge in [-0.1, -0.05) is 30.3 Å². The summed E-state index contributed by atoms with van der Waals surface area (Å²) in [5.74, 6) is 0. The maximum Gasteiger partial charge on any atom is -0.0624 e. The van der Waals surface area contributed by atoms with Gasteiger partial charge in [-0.3, -0.25) is 0 Å². The Morgan fingerprint density at radius 3 is 1.12 bits per heavy atom. The molecule has 1 nitrogen and oxygen atoms in total. The summed E-state index contributed by atoms with van der Waals surface area (Å²) in [5.41, 5.74) is 10.4. The van der Waals surface area contributed by atoms with Gasteiger partial charge in [-0.2, -0.15) is 24.3 Å². The molecular weight excluding hydrogens is 629 g/mol. The number of nitrogens with one attached hydrogen (secondary N) is 1. The predicted molar refractivity (Wildman–Crippen MR) is 160 cm³/mol. The quantitative estimate of drug-likeness (QED) is 0.227. The van der Waals surface area contributed by atoms with Gasteiger partial charge in [-0.15, -0.1) is 16.8 Å². The van der Waals surface area contributed by atoms with Gasteiger partial charge in [0.05, 0.1) is 32.9 Å². The first-order valence-electron chi connectivity index (χ1n) is 12.3. The van der Waals surface area contributed by atoms with Gasteiger partial charge in [0.1, 0.15) is 0 Å². The van der Waals surface area contributed by atoms with E-state index < -0.39 is 15.8 Å². The van der Waals surface area contributed by atoms with E-state index in [-0.39, 0.29) is 20.1 Å². The van der Waals surface area contributed by atoms with Crippen LogP contribution in [0.3, 0.4) is 0 Å². The molecule has 2 aromatic rings. The van der Waals surface area contributed by atoms with Crippen molar-refractivity contribution in [1.29, 1.82) is 0 Å². The molecule has 0 heterocycles. The molecule has 1 N–H and O–H groups in total. The van der Waals surface area contributed by atoms with Crippen molar-refractivity contribution in [3.05, 3.63) is 71.5 Å². The van der Waals surface area contributed by atoms with Crippen molar-refractivity contribution in [2.24, 2.45) is 0 Å². The Kier molecular flexibility index (Phi) is 13.2. The van der Waals surface area contributed by atoms with Crippen LogP contribution >= 0.6 is 15.8 Å². The van der Waals surface area contributed by atoms with E-state index >= 15 is 0 Å². The van der Waals surface area contributed by atoms with Crippen LogP contribution < -0.4 is 0 Å². The van der Waals surface area contributed by atoms with Crippen LogP contribution in [0.5, 0.6) is 0 Å². The zero-order valence-corrected chi connectivity index (χ0v) is 28.4. The molecule has 0 aliphatic heterocycles. The van der Waals surface area contributed by atoms with E-state index in [1.54, 1.807) is 12.1 Å². The van der Waals surface area contributed by atoms with Crippen LogP contribution in [0.2, 0.25) is 0 Å². The van der Waals surface area contributed by atoms with Gasteiger partial charge in [0.2, 0.25) is 0 Å². The Morgan fingerprint density at radius 1 is 0.559 bits per heavy atom. The monoisotopic (exact) mass is 681 g/mol. The smallest absolute Gasteiger partial charge is 0.0624 e. The molecule has 0 spiro atoms. The fourth-order valence-electron chi connectivity index (χ4n) is 4.91. The summed E-state index contributed by atoms with van der Waals surface area (Å²) in [4.78, 5) is 0. The topological polar surface area (TPSA) is 23.8 Å². The van der Waals surface area contributed by atoms with Crippen molar-refractivity contribution in [1.82, 2.24) is 0 Å². The Bertz CT molecular complexity index is 760. The fraction of sp³-hybridized carbons (Fsp3) is 0.600. The minimum Gasteiger partial charge on any atom is -0.699 e. The van der Waals surface area contributed by atoms with E-state index in [0.717, 1.165) is 0 Å². The molecule has 2 rings (SSSR count). The van der Waals surface area contributed by atoms with Crippen molar-refractivity contribution >= 4 is 21.5 Å². The summed E-state index contributed by atoms with van der Waals surface area (Å²) in [6.07, 6.45) is 2.44. The molecule has 0 aliphatic carbocycles. The van der Waals surface area contributed by atoms with Crippen LogP contribution in [0, 0.1) is 6.07 Å². The summed E-state index contributed by atoms with van der Waals surface area (Å²) < 4.78 is 0. The van der Waals surface area contributed by atoms with Crippen molar-refractivity contribution < 1.29 is 20.1 Å². The summed E-state index contributed by atoms with van der Waals surface area (Å²) in [7, 11) is -1.10. The Morgan fingerprint density at radius 2 is 0.882 bits per heavy atom. The van der Waals surface area contributed by atoms with E-state index in [2.05, 4.69) is 107 Å². The average Bonchev–Trinajstić information content (AvgIpc) is 2.62. The van der Waals surface area contributed by atoms with Gasteiger partial charge in [0.15, 0.2) is 0 Å². The van der Waals surface area contributed by atoms with Crippen LogP contribution in [0.25, 0.3) is 5.73 Å². The Hall–Kier alpha value is -0.251. The minimum absolute atomic E-state index is 0. The molecule has 0 saturated carbocycles. The molecule has 0 bridgehead atoms. The molecular formula is C30H52IrNP2+2. The summed E-state index contributed by atoms with van der Waals surface area (Å²) in [5, 5.41) is 1.61. The maximum atomic E-state index is 7.00. The largest absolute Gasteiger partial charge is 0.699 e. The normalized spacial score (nSPS) is 12.8. The standard InChI is InChI=1S/C24H43P2.C6H6N.Ir.H/c1-21(2,3)25(22(4,5)6)17-19-14-13-15-20(16-19)18-26(23(7,8)9)24(10,11)12;7-6-4-2-1-3-5-6;;/h13-15H,17-18H2,1-12H3;1-5,7H;;/q2*-1;+2;/p+2. The average molecular weight is 681 g/mol. The van der Waals surface area contributed by atoms with Gasteiger partial charge < -0.3 is 5.73 Å². The van der Waals surface area contributed by atoms with Crippen LogP contribution in [0.15, 0.2) is 48.5 Å². The molecule has 0 atom stereocenters. The molecule has 0 aliphatic rings. The number of benzene rings is 2. The van der Waals surface area contributed by atoms with E-state index in [0.29, 0.717) is 26.3 Å². The molecule has 34 heavy (non-hydrogen) atoms. The van der Waals surface area contributed by atoms with Crippen molar-refractivity contribution in [2.75, 3.05) is 0 Å². The molecule has 0 fully saturated rings. The number of hydrogen-bond donors (Lipinski definition) is 0. The van der Waals surface area contributed by atoms with Crippen LogP contribution in [0.4, 0.5) is 5.69 Å². The first kappa shape index (κ1) is 33.7. The van der Waals surface area contributed by atoms with E-state index in [1.165, 1.54) is 23.5 Å². The third-order valence-electron chi connectivity index (χ3n) is 6.05. The zero-order chi connectivity index (χ0) is 25.7. The van der Waals surface area contributed by atoms with Gasteiger partial charge in [0.25, 0.3) is 0 Å². The van der Waals surface area contributed by atoms with E-state index in [9.17, 15) is 0 Å². The second-order valence-electron chi connectivity index (χ2n) is 13.4. The summed E-state index contributed by atoms with van der Waals surface area (Å²) in [6.45, 7) is 29.1. The minimum atomic E-state index is -0.552. The first-order valence-corrected chi connectivity index (χ1v) is 15.7. The zero-order valence-electron chi connectivity index (χ0n) is 23.9. The SMILES string of the molecule is CC(C)(C)[PH+](Cc1[c-]c(C[PH+](C(C)(C)C)C(C)(C)C)ccc1)C(C)(C)C.[IrH+2].[NH-]c1ccccc1. The number of rotatable bonds is 4. The summed E-state index contributed by atoms with van der Waals surface area (Å²) in [6, 6.07) is 19.8. The van der Waals surface area contributed by atoms with Crippen molar-refractivity contribution in [3.8, 4) is 0 Å². The van der Waals surface area contributed by atoms with Crippen LogP contribution in [-0.2, 0) is 32.4 Å². The third kappa shape index (κ3) is 12.1. The van der Waals surface area contributed by atoms with Crippen LogP contribution in [0.1, 0.15) is 94.2 Å². The molecule has 0 amide bonds. The van der Waals surface area contributed by atoms with Gasteiger partial charge in [-0.05, 0) is 83.1 Å². The van der Waals surface area contributed by atoms with Gasteiger partial charge in [0, 0.05) is 15.8 Å². The molecule has 0 aromatic heterocycles. The number of hydrogen-bond acceptors (Lipinski definition) is 0. The molecule has 2 aromatic carbocycles. The Balaban J connectivity index is 0.00000116. The molecule has 194 valence electrons. The van der Waals surface area contributed by atoms with Crippen molar-refractivity contribution in [2.45, 2.75) is 116 Å². The molecule has 0 saturated heterocycles. The van der Waals surface area contributed by atoms with Crippen molar-refractivity contribution in [3.63, 3.8) is 0 Å². The molecule has 1 radical (unpaired) electrons. The summed E-state index contributed by atoms with van der Waals surface area (Å²) >= 11 is 0. The van der Waals surface area contributed by atoms with E-state index in [1.807, 2.05) is 18.2 Å². The molecule has 4 heteroatoms. The van der Waals surface area contributed by atoms with Gasteiger partial charge >= 0.3 is 20.1 Å². The van der Waals surface area contributed by atoms with Gasteiger partial charge in [-0.25, -0.2) is 0 Å². The van der Waals surface area contributed by atoms with E-state index in [4.69, 9.17) is 5.73 Å². The predicted octanol–water partition coefficient (Wildman–Crippen LogP) is 10.2. The fourth-order valence-corrected chi connectivity index (χ4v) is 12.7.